The summed E-state index contributed by atoms with van der Waals surface area (Å²) in [6.45, 7) is 3.90. The summed E-state index contributed by atoms with van der Waals surface area (Å²) in [6, 6.07) is 0. The van der Waals surface area contributed by atoms with Crippen LogP contribution in [0.3, 0.4) is 0 Å². The molecule has 0 saturated heterocycles. The molecule has 0 bridgehead atoms. The summed E-state index contributed by atoms with van der Waals surface area (Å²) in [5.74, 6) is 0.724. The zero-order chi connectivity index (χ0) is 12.8. The molecule has 1 aliphatic rings. The Hall–Kier alpha value is -0.740. The average molecular weight is 300 g/mol. The van der Waals surface area contributed by atoms with Crippen molar-refractivity contribution in [3.05, 3.63) is 21.2 Å². The van der Waals surface area contributed by atoms with Crippen LogP contribution in [0.4, 0.5) is 0 Å². The number of halogens is 1. The quantitative estimate of drug-likeness (QED) is 0.882. The van der Waals surface area contributed by atoms with Gasteiger partial charge in [-0.1, -0.05) is 15.9 Å². The summed E-state index contributed by atoms with van der Waals surface area (Å²) in [5.41, 5.74) is 8.70. The van der Waals surface area contributed by atoms with Gasteiger partial charge in [-0.25, -0.2) is 0 Å². The highest BCUT2D eigenvalue weighted by Crippen LogP contribution is 2.50. The fourth-order valence-corrected chi connectivity index (χ4v) is 3.00. The summed E-state index contributed by atoms with van der Waals surface area (Å²) >= 11 is 3.55. The second-order valence-electron chi connectivity index (χ2n) is 4.83. The van der Waals surface area contributed by atoms with Crippen molar-refractivity contribution in [2.45, 2.75) is 38.6 Å². The van der Waals surface area contributed by atoms with Crippen LogP contribution in [-0.2, 0) is 5.54 Å². The van der Waals surface area contributed by atoms with Crippen LogP contribution in [0.2, 0.25) is 0 Å². The molecule has 0 aliphatic heterocycles. The molecule has 0 aromatic heterocycles. The van der Waals surface area contributed by atoms with Crippen LogP contribution in [0.1, 0.15) is 36.0 Å². The van der Waals surface area contributed by atoms with Gasteiger partial charge >= 0.3 is 0 Å². The van der Waals surface area contributed by atoms with Gasteiger partial charge in [0, 0.05) is 21.1 Å². The summed E-state index contributed by atoms with van der Waals surface area (Å²) in [4.78, 5) is 0. The molecule has 1 aromatic rings. The molecule has 94 valence electrons. The SMILES string of the molecule is COc1c(C)c(Br)c(C)c(C2(N)CCC2)c1O. The number of methoxy groups -OCH3 is 1. The van der Waals surface area contributed by atoms with E-state index in [9.17, 15) is 5.11 Å². The van der Waals surface area contributed by atoms with Gasteiger partial charge in [-0.05, 0) is 38.7 Å². The molecule has 2 rings (SSSR count). The van der Waals surface area contributed by atoms with E-state index in [0.717, 1.165) is 40.4 Å². The van der Waals surface area contributed by atoms with Crippen LogP contribution in [-0.4, -0.2) is 12.2 Å². The molecule has 1 saturated carbocycles. The lowest BCUT2D eigenvalue weighted by Gasteiger charge is -2.40. The lowest BCUT2D eigenvalue weighted by atomic mass is 9.70. The normalized spacial score (nSPS) is 17.7. The van der Waals surface area contributed by atoms with Crippen molar-refractivity contribution in [3.63, 3.8) is 0 Å². The van der Waals surface area contributed by atoms with E-state index in [2.05, 4.69) is 15.9 Å². The number of nitrogens with two attached hydrogens (primary N) is 1. The number of hydrogen-bond donors (Lipinski definition) is 2. The number of rotatable bonds is 2. The minimum Gasteiger partial charge on any atom is -0.504 e. The van der Waals surface area contributed by atoms with E-state index in [1.807, 2.05) is 13.8 Å². The molecule has 0 atom stereocenters. The van der Waals surface area contributed by atoms with E-state index < -0.39 is 5.54 Å². The van der Waals surface area contributed by atoms with Crippen LogP contribution in [0, 0.1) is 13.8 Å². The van der Waals surface area contributed by atoms with Crippen molar-refractivity contribution in [3.8, 4) is 11.5 Å². The van der Waals surface area contributed by atoms with Gasteiger partial charge in [0.1, 0.15) is 0 Å². The van der Waals surface area contributed by atoms with Gasteiger partial charge in [-0.15, -0.1) is 0 Å². The first-order valence-corrected chi connectivity index (χ1v) is 6.56. The van der Waals surface area contributed by atoms with Crippen molar-refractivity contribution in [2.75, 3.05) is 7.11 Å². The Kier molecular flexibility index (Phi) is 3.12. The third-order valence-corrected chi connectivity index (χ3v) is 4.96. The van der Waals surface area contributed by atoms with Crippen molar-refractivity contribution < 1.29 is 9.84 Å². The molecule has 0 spiro atoms. The number of phenols is 1. The van der Waals surface area contributed by atoms with Gasteiger partial charge in [-0.2, -0.15) is 0 Å². The van der Waals surface area contributed by atoms with E-state index >= 15 is 0 Å². The monoisotopic (exact) mass is 299 g/mol. The smallest absolute Gasteiger partial charge is 0.164 e. The fraction of sp³-hybridized carbons (Fsp3) is 0.538. The average Bonchev–Trinajstić information content (AvgIpc) is 2.25. The highest BCUT2D eigenvalue weighted by molar-refractivity contribution is 9.10. The Bertz CT molecular complexity index is 467. The van der Waals surface area contributed by atoms with Crippen LogP contribution in [0.5, 0.6) is 11.5 Å². The second kappa shape index (κ2) is 4.18. The second-order valence-corrected chi connectivity index (χ2v) is 5.62. The van der Waals surface area contributed by atoms with Gasteiger partial charge in [0.05, 0.1) is 7.11 Å². The van der Waals surface area contributed by atoms with Crippen LogP contribution >= 0.6 is 15.9 Å². The number of aromatic hydroxyl groups is 1. The Morgan fingerprint density at radius 3 is 2.29 bits per heavy atom. The van der Waals surface area contributed by atoms with E-state index in [0.29, 0.717) is 5.75 Å². The van der Waals surface area contributed by atoms with Gasteiger partial charge in [-0.3, -0.25) is 0 Å². The van der Waals surface area contributed by atoms with Gasteiger partial charge in [0.25, 0.3) is 0 Å². The Morgan fingerprint density at radius 1 is 1.29 bits per heavy atom. The lowest BCUT2D eigenvalue weighted by Crippen LogP contribution is -2.44. The largest absolute Gasteiger partial charge is 0.504 e. The molecule has 0 heterocycles. The highest BCUT2D eigenvalue weighted by atomic mass is 79.9. The van der Waals surface area contributed by atoms with Crippen molar-refractivity contribution in [1.29, 1.82) is 0 Å². The molecule has 4 heteroatoms. The summed E-state index contributed by atoms with van der Waals surface area (Å²) in [6.07, 6.45) is 2.95. The summed E-state index contributed by atoms with van der Waals surface area (Å²) < 4.78 is 6.25. The fourth-order valence-electron chi connectivity index (χ4n) is 2.63. The number of phenolic OH excluding ortho intramolecular Hbond substituents is 1. The first-order chi connectivity index (χ1) is 7.92. The first-order valence-electron chi connectivity index (χ1n) is 5.77. The molecule has 1 fully saturated rings. The van der Waals surface area contributed by atoms with E-state index in [-0.39, 0.29) is 5.75 Å². The molecule has 1 aromatic carbocycles. The molecular formula is C13H18BrNO2. The first kappa shape index (κ1) is 12.7. The number of benzene rings is 1. The van der Waals surface area contributed by atoms with Crippen molar-refractivity contribution >= 4 is 15.9 Å². The summed E-state index contributed by atoms with van der Waals surface area (Å²) in [5, 5.41) is 10.3. The molecule has 3 nitrogen and oxygen atoms in total. The van der Waals surface area contributed by atoms with Crippen LogP contribution < -0.4 is 10.5 Å². The molecular weight excluding hydrogens is 282 g/mol. The zero-order valence-corrected chi connectivity index (χ0v) is 12.0. The number of hydrogen-bond acceptors (Lipinski definition) is 3. The van der Waals surface area contributed by atoms with Gasteiger partial charge in [0.15, 0.2) is 11.5 Å². The molecule has 17 heavy (non-hydrogen) atoms. The van der Waals surface area contributed by atoms with Crippen molar-refractivity contribution in [1.82, 2.24) is 0 Å². The molecule has 3 N–H and O–H groups in total. The van der Waals surface area contributed by atoms with Gasteiger partial charge in [0.2, 0.25) is 0 Å². The minimum atomic E-state index is -0.391. The predicted molar refractivity (Wildman–Crippen MR) is 71.5 cm³/mol. The maximum Gasteiger partial charge on any atom is 0.164 e. The highest BCUT2D eigenvalue weighted by Gasteiger charge is 2.39. The maximum atomic E-state index is 10.3. The lowest BCUT2D eigenvalue weighted by molar-refractivity contribution is 0.241. The maximum absolute atomic E-state index is 10.3. The topological polar surface area (TPSA) is 55.5 Å². The van der Waals surface area contributed by atoms with E-state index in [1.165, 1.54) is 0 Å². The standard InChI is InChI=1S/C13H18BrNO2/c1-7-9(13(15)5-4-6-13)11(16)12(17-3)8(2)10(7)14/h16H,4-6,15H2,1-3H3. The van der Waals surface area contributed by atoms with E-state index in [1.54, 1.807) is 7.11 Å². The van der Waals surface area contributed by atoms with Gasteiger partial charge < -0.3 is 15.6 Å². The zero-order valence-electron chi connectivity index (χ0n) is 10.4. The van der Waals surface area contributed by atoms with Crippen LogP contribution in [0.15, 0.2) is 4.47 Å². The minimum absolute atomic E-state index is 0.202. The van der Waals surface area contributed by atoms with Crippen molar-refractivity contribution in [2.24, 2.45) is 5.73 Å². The Labute approximate surface area is 110 Å². The number of ether oxygens (including phenoxy) is 1. The Balaban J connectivity index is 2.70. The Morgan fingerprint density at radius 2 is 1.88 bits per heavy atom. The van der Waals surface area contributed by atoms with E-state index in [4.69, 9.17) is 10.5 Å². The molecule has 0 unspecified atom stereocenters. The third kappa shape index (κ3) is 1.74. The summed E-state index contributed by atoms with van der Waals surface area (Å²) in [7, 11) is 1.57. The molecule has 1 aliphatic carbocycles. The predicted octanol–water partition coefficient (Wildman–Crippen LogP) is 3.12. The van der Waals surface area contributed by atoms with Crippen LogP contribution in [0.25, 0.3) is 0 Å². The molecule has 0 radical (unpaired) electrons. The molecule has 0 amide bonds. The third-order valence-electron chi connectivity index (χ3n) is 3.77.